The summed E-state index contributed by atoms with van der Waals surface area (Å²) in [5.41, 5.74) is 7.01. The van der Waals surface area contributed by atoms with Crippen LogP contribution in [0.5, 0.6) is 0 Å². The van der Waals surface area contributed by atoms with Gasteiger partial charge in [0.15, 0.2) is 0 Å². The molecule has 0 saturated carbocycles. The summed E-state index contributed by atoms with van der Waals surface area (Å²) >= 11 is 1.62. The first-order valence-electron chi connectivity index (χ1n) is 6.24. The van der Waals surface area contributed by atoms with E-state index >= 15 is 0 Å². The Morgan fingerprint density at radius 2 is 1.84 bits per heavy atom. The van der Waals surface area contributed by atoms with E-state index in [9.17, 15) is 0 Å². The minimum atomic E-state index is -0.0999. The first-order valence-corrected chi connectivity index (χ1v) is 7.06. The molecule has 0 amide bonds. The Hall–Kier alpha value is -1.55. The molecule has 0 radical (unpaired) electrons. The molecular weight excluding hydrogens is 254 g/mol. The lowest BCUT2D eigenvalue weighted by Gasteiger charge is -2.17. The van der Waals surface area contributed by atoms with Crippen LogP contribution in [0.3, 0.4) is 0 Å². The number of nitrogen functional groups attached to an aromatic ring is 1. The highest BCUT2D eigenvalue weighted by atomic mass is 32.2. The second-order valence-corrected chi connectivity index (χ2v) is 6.72. The van der Waals surface area contributed by atoms with E-state index in [1.165, 1.54) is 5.56 Å². The summed E-state index contributed by atoms with van der Waals surface area (Å²) in [5, 5.41) is 0.892. The van der Waals surface area contributed by atoms with Gasteiger partial charge in [-0.2, -0.15) is 0 Å². The molecule has 0 aliphatic heterocycles. The third-order valence-corrected chi connectivity index (χ3v) is 3.51. The average molecular weight is 273 g/mol. The van der Waals surface area contributed by atoms with Crippen LogP contribution in [0.4, 0.5) is 5.82 Å². The van der Waals surface area contributed by atoms with Gasteiger partial charge in [0.05, 0.1) is 0 Å². The summed E-state index contributed by atoms with van der Waals surface area (Å²) in [6.07, 6.45) is 0. The number of nitrogens with two attached hydrogens (primary N) is 1. The highest BCUT2D eigenvalue weighted by molar-refractivity contribution is 7.99. The number of aryl methyl sites for hydroxylation is 1. The monoisotopic (exact) mass is 273 g/mol. The zero-order valence-electron chi connectivity index (χ0n) is 11.8. The van der Waals surface area contributed by atoms with Gasteiger partial charge in [-0.3, -0.25) is 0 Å². The molecule has 1 aromatic heterocycles. The van der Waals surface area contributed by atoms with Crippen LogP contribution in [0, 0.1) is 6.92 Å². The van der Waals surface area contributed by atoms with Crippen molar-refractivity contribution in [3.8, 4) is 0 Å². The summed E-state index contributed by atoms with van der Waals surface area (Å²) in [4.78, 5) is 10.1. The molecule has 0 aliphatic rings. The number of hydrogen-bond donors (Lipinski definition) is 1. The van der Waals surface area contributed by atoms with Crippen molar-refractivity contribution in [2.45, 2.75) is 43.0 Å². The molecule has 1 aromatic carbocycles. The van der Waals surface area contributed by atoms with Gasteiger partial charge >= 0.3 is 0 Å². The molecule has 19 heavy (non-hydrogen) atoms. The summed E-state index contributed by atoms with van der Waals surface area (Å²) in [7, 11) is 0. The Kier molecular flexibility index (Phi) is 3.80. The van der Waals surface area contributed by atoms with E-state index < -0.39 is 0 Å². The van der Waals surface area contributed by atoms with Gasteiger partial charge in [0, 0.05) is 16.4 Å². The standard InChI is InChI=1S/C15H19N3S/c1-10-6-5-7-11(8-10)19-13-9-12(16)17-14(18-13)15(2,3)4/h5-9H,1-4H3,(H2,16,17,18). The molecule has 0 atom stereocenters. The van der Waals surface area contributed by atoms with Gasteiger partial charge in [0.2, 0.25) is 0 Å². The molecule has 100 valence electrons. The number of anilines is 1. The van der Waals surface area contributed by atoms with Crippen LogP contribution in [0.15, 0.2) is 40.3 Å². The third-order valence-electron chi connectivity index (χ3n) is 2.61. The molecule has 1 heterocycles. The maximum atomic E-state index is 5.88. The van der Waals surface area contributed by atoms with Crippen molar-refractivity contribution in [3.63, 3.8) is 0 Å². The first kappa shape index (κ1) is 13.9. The quantitative estimate of drug-likeness (QED) is 0.845. The van der Waals surface area contributed by atoms with Crippen LogP contribution in [-0.4, -0.2) is 9.97 Å². The predicted octanol–water partition coefficient (Wildman–Crippen LogP) is 3.82. The van der Waals surface area contributed by atoms with Crippen LogP contribution in [0.1, 0.15) is 32.2 Å². The van der Waals surface area contributed by atoms with Crippen molar-refractivity contribution < 1.29 is 0 Å². The average Bonchev–Trinajstić information content (AvgIpc) is 2.26. The van der Waals surface area contributed by atoms with Crippen LogP contribution in [-0.2, 0) is 5.41 Å². The molecule has 0 fully saturated rings. The molecule has 4 heteroatoms. The number of rotatable bonds is 2. The van der Waals surface area contributed by atoms with Gasteiger partial charge < -0.3 is 5.73 Å². The van der Waals surface area contributed by atoms with Crippen molar-refractivity contribution in [1.29, 1.82) is 0 Å². The van der Waals surface area contributed by atoms with Gasteiger partial charge in [-0.25, -0.2) is 9.97 Å². The van der Waals surface area contributed by atoms with E-state index in [2.05, 4.69) is 55.9 Å². The Bertz CT molecular complexity index is 588. The highest BCUT2D eigenvalue weighted by Gasteiger charge is 2.18. The third kappa shape index (κ3) is 3.70. The molecule has 0 spiro atoms. The number of aromatic nitrogens is 2. The van der Waals surface area contributed by atoms with Gasteiger partial charge in [0.25, 0.3) is 0 Å². The van der Waals surface area contributed by atoms with E-state index in [1.807, 2.05) is 12.1 Å². The van der Waals surface area contributed by atoms with Gasteiger partial charge in [-0.1, -0.05) is 50.2 Å². The summed E-state index contributed by atoms with van der Waals surface area (Å²) < 4.78 is 0. The molecule has 3 nitrogen and oxygen atoms in total. The van der Waals surface area contributed by atoms with E-state index in [0.29, 0.717) is 5.82 Å². The predicted molar refractivity (Wildman–Crippen MR) is 80.4 cm³/mol. The second-order valence-electron chi connectivity index (χ2n) is 5.62. The van der Waals surface area contributed by atoms with Crippen molar-refractivity contribution in [2.75, 3.05) is 5.73 Å². The fourth-order valence-electron chi connectivity index (χ4n) is 1.63. The summed E-state index contributed by atoms with van der Waals surface area (Å²) in [5.74, 6) is 1.30. The molecule has 0 unspecified atom stereocenters. The smallest absolute Gasteiger partial charge is 0.137 e. The number of nitrogens with zero attached hydrogens (tertiary/aromatic N) is 2. The minimum Gasteiger partial charge on any atom is -0.384 e. The topological polar surface area (TPSA) is 51.8 Å². The molecule has 0 saturated heterocycles. The summed E-state index contributed by atoms with van der Waals surface area (Å²) in [6.45, 7) is 8.34. The molecule has 0 bridgehead atoms. The molecule has 2 aromatic rings. The number of benzene rings is 1. The van der Waals surface area contributed by atoms with E-state index in [4.69, 9.17) is 5.73 Å². The Morgan fingerprint density at radius 3 is 2.47 bits per heavy atom. The lowest BCUT2D eigenvalue weighted by molar-refractivity contribution is 0.540. The Balaban J connectivity index is 2.33. The van der Waals surface area contributed by atoms with E-state index in [-0.39, 0.29) is 5.41 Å². The number of hydrogen-bond acceptors (Lipinski definition) is 4. The van der Waals surface area contributed by atoms with E-state index in [0.717, 1.165) is 15.7 Å². The first-order chi connectivity index (χ1) is 8.84. The van der Waals surface area contributed by atoms with Gasteiger partial charge in [-0.05, 0) is 19.1 Å². The fourth-order valence-corrected chi connectivity index (χ4v) is 2.57. The highest BCUT2D eigenvalue weighted by Crippen LogP contribution is 2.29. The maximum Gasteiger partial charge on any atom is 0.137 e. The maximum absolute atomic E-state index is 5.88. The van der Waals surface area contributed by atoms with Gasteiger partial charge in [0.1, 0.15) is 16.7 Å². The molecule has 2 N–H and O–H groups in total. The zero-order valence-corrected chi connectivity index (χ0v) is 12.6. The van der Waals surface area contributed by atoms with Gasteiger partial charge in [-0.15, -0.1) is 0 Å². The fraction of sp³-hybridized carbons (Fsp3) is 0.333. The molecule has 0 aliphatic carbocycles. The minimum absolute atomic E-state index is 0.0999. The van der Waals surface area contributed by atoms with Crippen LogP contribution in [0.25, 0.3) is 0 Å². The lowest BCUT2D eigenvalue weighted by atomic mass is 9.96. The molecular formula is C15H19N3S. The lowest BCUT2D eigenvalue weighted by Crippen LogP contribution is -2.17. The normalized spacial score (nSPS) is 11.6. The van der Waals surface area contributed by atoms with Crippen molar-refractivity contribution >= 4 is 17.6 Å². The van der Waals surface area contributed by atoms with Crippen LogP contribution < -0.4 is 5.73 Å². The van der Waals surface area contributed by atoms with E-state index in [1.54, 1.807) is 11.8 Å². The van der Waals surface area contributed by atoms with Crippen LogP contribution in [0.2, 0.25) is 0 Å². The van der Waals surface area contributed by atoms with Crippen molar-refractivity contribution in [1.82, 2.24) is 9.97 Å². The zero-order chi connectivity index (χ0) is 14.0. The van der Waals surface area contributed by atoms with Crippen molar-refractivity contribution in [3.05, 3.63) is 41.7 Å². The van der Waals surface area contributed by atoms with Crippen LogP contribution >= 0.6 is 11.8 Å². The Labute approximate surface area is 118 Å². The Morgan fingerprint density at radius 1 is 1.11 bits per heavy atom. The SMILES string of the molecule is Cc1cccc(Sc2cc(N)nc(C(C)(C)C)n2)c1. The molecule has 2 rings (SSSR count). The second kappa shape index (κ2) is 5.21. The van der Waals surface area contributed by atoms with Crippen molar-refractivity contribution in [2.24, 2.45) is 0 Å². The largest absolute Gasteiger partial charge is 0.384 e. The summed E-state index contributed by atoms with van der Waals surface area (Å²) in [6, 6.07) is 10.2.